The van der Waals surface area contributed by atoms with Gasteiger partial charge < -0.3 is 19.9 Å². The van der Waals surface area contributed by atoms with Crippen LogP contribution in [0.5, 0.6) is 0 Å². The number of rotatable bonds is 4. The van der Waals surface area contributed by atoms with Crippen LogP contribution in [0.2, 0.25) is 0 Å². The van der Waals surface area contributed by atoms with E-state index in [0.717, 1.165) is 30.8 Å². The second kappa shape index (κ2) is 10.9. The summed E-state index contributed by atoms with van der Waals surface area (Å²) >= 11 is 0. The maximum absolute atomic E-state index is 11.6. The molecule has 0 fully saturated rings. The summed E-state index contributed by atoms with van der Waals surface area (Å²) in [6.07, 6.45) is 3.10. The van der Waals surface area contributed by atoms with E-state index in [-0.39, 0.29) is 11.5 Å². The Kier molecular flexibility index (Phi) is 10.0. The lowest BCUT2D eigenvalue weighted by atomic mass is 10.1. The van der Waals surface area contributed by atoms with Crippen LogP contribution in [0, 0.1) is 6.92 Å². The number of hydrogen-bond acceptors (Lipinski definition) is 4. The standard InChI is InChI=1S/C11H17N3O.C5H10O2.C2H6/c1-8-5-10-11(15)13-6-9(3-4-12-2)14(10)7-8;1-5(2,3)7-4-6;1-2/h5,7,9,12H,3-4,6H2,1-2H3,(H,13,15);4H,1-3H3;1-2H3. The highest BCUT2D eigenvalue weighted by molar-refractivity contribution is 5.93. The van der Waals surface area contributed by atoms with Crippen LogP contribution in [-0.4, -0.2) is 42.7 Å². The van der Waals surface area contributed by atoms with Crippen LogP contribution in [0.1, 0.15) is 63.1 Å². The molecule has 6 nitrogen and oxygen atoms in total. The topological polar surface area (TPSA) is 72.4 Å². The molecule has 1 amide bonds. The average Bonchev–Trinajstić information content (AvgIpc) is 2.91. The van der Waals surface area contributed by atoms with Gasteiger partial charge in [-0.3, -0.25) is 9.59 Å². The lowest BCUT2D eigenvalue weighted by Crippen LogP contribution is -2.39. The third-order valence-electron chi connectivity index (χ3n) is 3.24. The summed E-state index contributed by atoms with van der Waals surface area (Å²) in [4.78, 5) is 21.2. The largest absolute Gasteiger partial charge is 0.462 e. The minimum atomic E-state index is -0.318. The second-order valence-electron chi connectivity index (χ2n) is 6.39. The Morgan fingerprint density at radius 2 is 2.04 bits per heavy atom. The molecule has 1 unspecified atom stereocenters. The van der Waals surface area contributed by atoms with E-state index in [1.165, 1.54) is 0 Å². The number of amides is 1. The lowest BCUT2D eigenvalue weighted by molar-refractivity contribution is -0.138. The van der Waals surface area contributed by atoms with Gasteiger partial charge in [0, 0.05) is 12.7 Å². The molecular formula is C18H33N3O3. The van der Waals surface area contributed by atoms with E-state index in [1.807, 2.05) is 54.7 Å². The van der Waals surface area contributed by atoms with Gasteiger partial charge >= 0.3 is 0 Å². The van der Waals surface area contributed by atoms with Crippen LogP contribution in [0.15, 0.2) is 12.3 Å². The summed E-state index contributed by atoms with van der Waals surface area (Å²) in [7, 11) is 1.95. The first-order valence-electron chi connectivity index (χ1n) is 8.51. The molecule has 1 aromatic rings. The zero-order valence-electron chi connectivity index (χ0n) is 16.1. The monoisotopic (exact) mass is 339 g/mol. The summed E-state index contributed by atoms with van der Waals surface area (Å²) in [6.45, 7) is 13.6. The Labute approximate surface area is 146 Å². The van der Waals surface area contributed by atoms with E-state index < -0.39 is 0 Å². The third kappa shape index (κ3) is 7.64. The SMILES string of the molecule is CC.CC(C)(C)OC=O.CNCCC1CNC(=O)c2cc(C)cn21. The van der Waals surface area contributed by atoms with Crippen LogP contribution in [0.4, 0.5) is 0 Å². The molecule has 1 aliphatic heterocycles. The van der Waals surface area contributed by atoms with Crippen molar-refractivity contribution < 1.29 is 14.3 Å². The molecule has 1 atom stereocenters. The molecule has 0 bridgehead atoms. The van der Waals surface area contributed by atoms with Crippen molar-refractivity contribution >= 4 is 12.4 Å². The van der Waals surface area contributed by atoms with Gasteiger partial charge in [0.1, 0.15) is 11.3 Å². The molecule has 6 heteroatoms. The molecule has 138 valence electrons. The van der Waals surface area contributed by atoms with Gasteiger partial charge in [-0.15, -0.1) is 0 Å². The Morgan fingerprint density at radius 3 is 2.50 bits per heavy atom. The number of nitrogens with zero attached hydrogens (tertiary/aromatic N) is 1. The molecule has 0 radical (unpaired) electrons. The Balaban J connectivity index is 0.000000501. The summed E-state index contributed by atoms with van der Waals surface area (Å²) in [6, 6.07) is 2.33. The number of carbonyl (C=O) groups is 2. The fourth-order valence-corrected chi connectivity index (χ4v) is 2.20. The van der Waals surface area contributed by atoms with Gasteiger partial charge in [0.05, 0.1) is 6.04 Å². The van der Waals surface area contributed by atoms with Gasteiger partial charge in [0.2, 0.25) is 0 Å². The Morgan fingerprint density at radius 1 is 1.42 bits per heavy atom. The molecule has 2 N–H and O–H groups in total. The van der Waals surface area contributed by atoms with Crippen molar-refractivity contribution in [2.75, 3.05) is 20.1 Å². The first-order chi connectivity index (χ1) is 11.3. The first-order valence-corrected chi connectivity index (χ1v) is 8.51. The highest BCUT2D eigenvalue weighted by Gasteiger charge is 2.24. The highest BCUT2D eigenvalue weighted by atomic mass is 16.5. The highest BCUT2D eigenvalue weighted by Crippen LogP contribution is 2.20. The molecular weight excluding hydrogens is 306 g/mol. The van der Waals surface area contributed by atoms with Crippen LogP contribution < -0.4 is 10.6 Å². The number of hydrogen-bond donors (Lipinski definition) is 2. The van der Waals surface area contributed by atoms with Gasteiger partial charge in [-0.2, -0.15) is 0 Å². The van der Waals surface area contributed by atoms with Gasteiger partial charge in [-0.1, -0.05) is 13.8 Å². The van der Waals surface area contributed by atoms with Crippen molar-refractivity contribution in [3.05, 3.63) is 23.5 Å². The molecule has 2 rings (SSSR count). The maximum Gasteiger partial charge on any atom is 0.293 e. The predicted molar refractivity (Wildman–Crippen MR) is 97.3 cm³/mol. The predicted octanol–water partition coefficient (Wildman–Crippen LogP) is 2.67. The van der Waals surface area contributed by atoms with E-state index in [1.54, 1.807) is 0 Å². The average molecular weight is 339 g/mol. The smallest absolute Gasteiger partial charge is 0.293 e. The molecule has 0 saturated heterocycles. The van der Waals surface area contributed by atoms with Gasteiger partial charge in [0.15, 0.2) is 0 Å². The summed E-state index contributed by atoms with van der Waals surface area (Å²) in [5, 5.41) is 6.06. The molecule has 24 heavy (non-hydrogen) atoms. The molecule has 1 aromatic heterocycles. The quantitative estimate of drug-likeness (QED) is 0.827. The summed E-state index contributed by atoms with van der Waals surface area (Å²) in [5.74, 6) is 0.0452. The number of ether oxygens (including phenoxy) is 1. The van der Waals surface area contributed by atoms with E-state index in [9.17, 15) is 9.59 Å². The molecule has 0 aliphatic carbocycles. The van der Waals surface area contributed by atoms with Crippen LogP contribution >= 0.6 is 0 Å². The van der Waals surface area contributed by atoms with Crippen molar-refractivity contribution in [3.8, 4) is 0 Å². The number of carbonyl (C=O) groups excluding carboxylic acids is 2. The molecule has 0 spiro atoms. The Bertz CT molecular complexity index is 504. The number of fused-ring (bicyclic) bond motifs is 1. The van der Waals surface area contributed by atoms with Gasteiger partial charge in [0.25, 0.3) is 12.4 Å². The van der Waals surface area contributed by atoms with Crippen molar-refractivity contribution in [3.63, 3.8) is 0 Å². The zero-order valence-corrected chi connectivity index (χ0v) is 16.1. The van der Waals surface area contributed by atoms with Crippen LogP contribution in [0.25, 0.3) is 0 Å². The second-order valence-corrected chi connectivity index (χ2v) is 6.39. The number of nitrogens with one attached hydrogen (secondary N) is 2. The number of aromatic nitrogens is 1. The van der Waals surface area contributed by atoms with E-state index in [2.05, 4.69) is 26.1 Å². The van der Waals surface area contributed by atoms with Gasteiger partial charge in [-0.25, -0.2) is 0 Å². The first kappa shape index (κ1) is 22.2. The maximum atomic E-state index is 11.6. The Hall–Kier alpha value is -1.82. The van der Waals surface area contributed by atoms with E-state index in [4.69, 9.17) is 0 Å². The molecule has 0 aromatic carbocycles. The normalized spacial score (nSPS) is 15.8. The lowest BCUT2D eigenvalue weighted by Gasteiger charge is -2.26. The van der Waals surface area contributed by atoms with Crippen molar-refractivity contribution in [2.24, 2.45) is 0 Å². The molecule has 2 heterocycles. The minimum absolute atomic E-state index is 0.0452. The number of aryl methyl sites for hydroxylation is 1. The van der Waals surface area contributed by atoms with Crippen LogP contribution in [0.3, 0.4) is 0 Å². The van der Waals surface area contributed by atoms with Crippen molar-refractivity contribution in [1.29, 1.82) is 0 Å². The fourth-order valence-electron chi connectivity index (χ4n) is 2.20. The van der Waals surface area contributed by atoms with Crippen molar-refractivity contribution in [1.82, 2.24) is 15.2 Å². The minimum Gasteiger partial charge on any atom is -0.462 e. The van der Waals surface area contributed by atoms with Crippen LogP contribution in [-0.2, 0) is 9.53 Å². The molecule has 0 saturated carbocycles. The van der Waals surface area contributed by atoms with E-state index >= 15 is 0 Å². The fraction of sp³-hybridized carbons (Fsp3) is 0.667. The summed E-state index contributed by atoms with van der Waals surface area (Å²) < 4.78 is 6.65. The van der Waals surface area contributed by atoms with Gasteiger partial charge in [-0.05, 0) is 59.3 Å². The summed E-state index contributed by atoms with van der Waals surface area (Å²) in [5.41, 5.74) is 1.62. The zero-order chi connectivity index (χ0) is 18.8. The third-order valence-corrected chi connectivity index (χ3v) is 3.24. The molecule has 1 aliphatic rings. The van der Waals surface area contributed by atoms with E-state index in [0.29, 0.717) is 12.5 Å². The van der Waals surface area contributed by atoms with Crippen molar-refractivity contribution in [2.45, 2.75) is 59.6 Å².